The first-order valence-electron chi connectivity index (χ1n) is 4.59. The van der Waals surface area contributed by atoms with Crippen LogP contribution in [0.25, 0.3) is 0 Å². The third-order valence-corrected chi connectivity index (χ3v) is 5.15. The first-order valence-corrected chi connectivity index (χ1v) is 8.40. The molecule has 4 nitrogen and oxygen atoms in total. The lowest BCUT2D eigenvalue weighted by Crippen LogP contribution is -1.93. The predicted octanol–water partition coefficient (Wildman–Crippen LogP) is 3.85. The highest BCUT2D eigenvalue weighted by Gasteiger charge is 2.15. The van der Waals surface area contributed by atoms with E-state index in [1.165, 1.54) is 12.1 Å². The average Bonchev–Trinajstić information content (AvgIpc) is 2.16. The molecule has 0 saturated carbocycles. The van der Waals surface area contributed by atoms with Gasteiger partial charge in [-0.2, -0.15) is 0 Å². The number of hydrogen-bond acceptors (Lipinski definition) is 4. The van der Waals surface area contributed by atoms with E-state index in [-0.39, 0.29) is 5.69 Å². The first-order chi connectivity index (χ1) is 7.35. The van der Waals surface area contributed by atoms with Crippen LogP contribution in [0, 0.1) is 17.0 Å². The van der Waals surface area contributed by atoms with Crippen molar-refractivity contribution in [2.45, 2.75) is 13.8 Å². The quantitative estimate of drug-likeness (QED) is 0.477. The van der Waals surface area contributed by atoms with Crippen LogP contribution in [-0.2, 0) is 11.8 Å². The normalized spacial score (nSPS) is 14.2. The van der Waals surface area contributed by atoms with E-state index in [2.05, 4.69) is 0 Å². The minimum absolute atomic E-state index is 0.0618. The van der Waals surface area contributed by atoms with Crippen molar-refractivity contribution >= 4 is 34.4 Å². The Bertz CT molecular complexity index is 466. The van der Waals surface area contributed by atoms with Gasteiger partial charge in [0, 0.05) is 17.8 Å². The van der Waals surface area contributed by atoms with Crippen molar-refractivity contribution in [1.29, 1.82) is 0 Å². The van der Waals surface area contributed by atoms with Crippen LogP contribution in [0.4, 0.5) is 5.69 Å². The minimum Gasteiger partial charge on any atom is -0.453 e. The molecule has 1 atom stereocenters. The van der Waals surface area contributed by atoms with Crippen molar-refractivity contribution in [3.63, 3.8) is 0 Å². The SMILES string of the molecule is CCP(=S)(Cl)Oc1ccc([N+](=O)[O-])c(C)c1. The Hall–Kier alpha value is -0.640. The molecule has 0 N–H and O–H groups in total. The molecule has 0 aromatic heterocycles. The number of aryl methyl sites for hydroxylation is 1. The monoisotopic (exact) mass is 279 g/mol. The van der Waals surface area contributed by atoms with Crippen LogP contribution in [0.1, 0.15) is 12.5 Å². The van der Waals surface area contributed by atoms with Crippen LogP contribution >= 0.6 is 16.9 Å². The molecule has 7 heteroatoms. The van der Waals surface area contributed by atoms with E-state index in [4.69, 9.17) is 27.6 Å². The van der Waals surface area contributed by atoms with E-state index in [0.29, 0.717) is 17.5 Å². The Morgan fingerprint density at radius 1 is 1.62 bits per heavy atom. The van der Waals surface area contributed by atoms with Gasteiger partial charge in [-0.15, -0.1) is 0 Å². The van der Waals surface area contributed by atoms with E-state index in [9.17, 15) is 10.1 Å². The molecule has 16 heavy (non-hydrogen) atoms. The van der Waals surface area contributed by atoms with Crippen LogP contribution in [-0.4, -0.2) is 11.1 Å². The van der Waals surface area contributed by atoms with Crippen molar-refractivity contribution in [1.82, 2.24) is 0 Å². The standard InChI is InChI=1S/C9H11ClNO3PS/c1-3-15(10,16)14-8-4-5-9(11(12)13)7(2)6-8/h4-6H,3H2,1-2H3. The highest BCUT2D eigenvalue weighted by atomic mass is 35.7. The van der Waals surface area contributed by atoms with Gasteiger partial charge in [0.2, 0.25) is 0 Å². The van der Waals surface area contributed by atoms with E-state index in [1.54, 1.807) is 13.0 Å². The van der Waals surface area contributed by atoms with Gasteiger partial charge in [0.05, 0.1) is 4.92 Å². The smallest absolute Gasteiger partial charge is 0.272 e. The summed E-state index contributed by atoms with van der Waals surface area (Å²) in [6, 6.07) is 4.49. The molecule has 1 aromatic rings. The zero-order valence-corrected chi connectivity index (χ0v) is 11.3. The number of nitro benzene ring substituents is 1. The lowest BCUT2D eigenvalue weighted by atomic mass is 10.2. The molecule has 1 rings (SSSR count). The Kier molecular flexibility index (Phi) is 4.30. The zero-order valence-electron chi connectivity index (χ0n) is 8.84. The molecule has 0 fully saturated rings. The Labute approximate surface area is 104 Å². The van der Waals surface area contributed by atoms with Crippen molar-refractivity contribution in [3.8, 4) is 5.75 Å². The largest absolute Gasteiger partial charge is 0.453 e. The van der Waals surface area contributed by atoms with Gasteiger partial charge >= 0.3 is 0 Å². The molecule has 1 unspecified atom stereocenters. The molecule has 0 amide bonds. The lowest BCUT2D eigenvalue weighted by Gasteiger charge is -2.14. The van der Waals surface area contributed by atoms with Crippen LogP contribution in [0.5, 0.6) is 5.75 Å². The van der Waals surface area contributed by atoms with E-state index >= 15 is 0 Å². The third-order valence-electron chi connectivity index (χ3n) is 1.98. The second kappa shape index (κ2) is 5.13. The van der Waals surface area contributed by atoms with E-state index in [0.717, 1.165) is 0 Å². The summed E-state index contributed by atoms with van der Waals surface area (Å²) in [5.41, 5.74) is -1.72. The fourth-order valence-electron chi connectivity index (χ4n) is 1.11. The van der Waals surface area contributed by atoms with Gasteiger partial charge in [0.15, 0.2) is 5.62 Å². The van der Waals surface area contributed by atoms with Gasteiger partial charge < -0.3 is 4.52 Å². The molecule has 88 valence electrons. The molecular formula is C9H11ClNO3PS. The zero-order chi connectivity index (χ0) is 12.3. The maximum atomic E-state index is 10.6. The minimum atomic E-state index is -2.32. The molecule has 0 heterocycles. The van der Waals surface area contributed by atoms with Crippen LogP contribution in [0.2, 0.25) is 0 Å². The van der Waals surface area contributed by atoms with Crippen molar-refractivity contribution < 1.29 is 9.45 Å². The van der Waals surface area contributed by atoms with Crippen LogP contribution in [0.15, 0.2) is 18.2 Å². The molecule has 0 bridgehead atoms. The highest BCUT2D eigenvalue weighted by molar-refractivity contribution is 8.24. The van der Waals surface area contributed by atoms with Gasteiger partial charge in [0.25, 0.3) is 5.69 Å². The van der Waals surface area contributed by atoms with Gasteiger partial charge in [-0.25, -0.2) is 0 Å². The third kappa shape index (κ3) is 3.44. The van der Waals surface area contributed by atoms with Crippen molar-refractivity contribution in [2.24, 2.45) is 0 Å². The number of nitrogens with zero attached hydrogens (tertiary/aromatic N) is 1. The summed E-state index contributed by atoms with van der Waals surface area (Å²) in [7, 11) is 0. The summed E-state index contributed by atoms with van der Waals surface area (Å²) in [5.74, 6) is 0.489. The number of benzene rings is 1. The predicted molar refractivity (Wildman–Crippen MR) is 69.1 cm³/mol. The van der Waals surface area contributed by atoms with Crippen LogP contribution in [0.3, 0.4) is 0 Å². The number of hydrogen-bond donors (Lipinski definition) is 0. The second-order valence-corrected chi connectivity index (χ2v) is 9.21. The van der Waals surface area contributed by atoms with Gasteiger partial charge in [-0.05, 0) is 42.1 Å². The molecular weight excluding hydrogens is 269 g/mol. The van der Waals surface area contributed by atoms with E-state index in [1.807, 2.05) is 6.92 Å². The lowest BCUT2D eigenvalue weighted by molar-refractivity contribution is -0.385. The molecule has 0 radical (unpaired) electrons. The highest BCUT2D eigenvalue weighted by Crippen LogP contribution is 2.52. The topological polar surface area (TPSA) is 52.4 Å². The fourth-order valence-corrected chi connectivity index (χ4v) is 2.17. The average molecular weight is 280 g/mol. The van der Waals surface area contributed by atoms with Crippen molar-refractivity contribution in [2.75, 3.05) is 6.16 Å². The summed E-state index contributed by atoms with van der Waals surface area (Å²) < 4.78 is 5.44. The summed E-state index contributed by atoms with van der Waals surface area (Å²) in [4.78, 5) is 10.2. The summed E-state index contributed by atoms with van der Waals surface area (Å²) >= 11 is 11.1. The van der Waals surface area contributed by atoms with Crippen molar-refractivity contribution in [3.05, 3.63) is 33.9 Å². The van der Waals surface area contributed by atoms with Gasteiger partial charge in [0.1, 0.15) is 5.75 Å². The Balaban J connectivity index is 2.98. The molecule has 1 aromatic carbocycles. The van der Waals surface area contributed by atoms with E-state index < -0.39 is 10.5 Å². The summed E-state index contributed by atoms with van der Waals surface area (Å²) in [6.45, 7) is 3.50. The number of rotatable bonds is 4. The summed E-state index contributed by atoms with van der Waals surface area (Å²) in [6.07, 6.45) is 0.569. The molecule has 0 aliphatic heterocycles. The maximum Gasteiger partial charge on any atom is 0.272 e. The first kappa shape index (κ1) is 13.4. The number of halogens is 1. The fraction of sp³-hybridized carbons (Fsp3) is 0.333. The second-order valence-electron chi connectivity index (χ2n) is 3.20. The number of nitro groups is 1. The molecule has 0 aliphatic carbocycles. The summed E-state index contributed by atoms with van der Waals surface area (Å²) in [5, 5.41) is 10.6. The maximum absolute atomic E-state index is 10.6. The molecule has 0 saturated heterocycles. The van der Waals surface area contributed by atoms with Gasteiger partial charge in [-0.3, -0.25) is 10.1 Å². The van der Waals surface area contributed by atoms with Crippen LogP contribution < -0.4 is 4.52 Å². The molecule has 0 aliphatic rings. The molecule has 0 spiro atoms. The Morgan fingerprint density at radius 3 is 2.69 bits per heavy atom. The Morgan fingerprint density at radius 2 is 2.25 bits per heavy atom. The van der Waals surface area contributed by atoms with Gasteiger partial charge in [-0.1, -0.05) is 6.92 Å².